The predicted octanol–water partition coefficient (Wildman–Crippen LogP) is 3.61. The molecular formula is C20H26N4O4S. The molecule has 0 saturated heterocycles. The van der Waals surface area contributed by atoms with E-state index in [0.717, 1.165) is 16.1 Å². The SMILES string of the molecule is CC(=O)Nc1nc2c(s1)C(NOCc1ccccc1)CN(C(=O)OC(C)(C)C)C2. The molecule has 0 bridgehead atoms. The van der Waals surface area contributed by atoms with Crippen LogP contribution in [0.4, 0.5) is 9.93 Å². The van der Waals surface area contributed by atoms with Gasteiger partial charge in [0.1, 0.15) is 5.60 Å². The second kappa shape index (κ2) is 8.89. The summed E-state index contributed by atoms with van der Waals surface area (Å²) >= 11 is 1.38. The third-order valence-corrected chi connectivity index (χ3v) is 5.16. The first-order valence-corrected chi connectivity index (χ1v) is 10.2. The number of nitrogens with zero attached hydrogens (tertiary/aromatic N) is 2. The van der Waals surface area contributed by atoms with Gasteiger partial charge < -0.3 is 15.0 Å². The lowest BCUT2D eigenvalue weighted by Gasteiger charge is -2.33. The van der Waals surface area contributed by atoms with Crippen molar-refractivity contribution in [2.45, 2.75) is 52.5 Å². The highest BCUT2D eigenvalue weighted by atomic mass is 32.1. The third kappa shape index (κ3) is 5.99. The van der Waals surface area contributed by atoms with Gasteiger partial charge in [0.2, 0.25) is 5.91 Å². The van der Waals surface area contributed by atoms with E-state index in [9.17, 15) is 9.59 Å². The summed E-state index contributed by atoms with van der Waals surface area (Å²) in [7, 11) is 0. The lowest BCUT2D eigenvalue weighted by Crippen LogP contribution is -2.44. The molecule has 8 nitrogen and oxygen atoms in total. The molecule has 1 aliphatic rings. The Balaban J connectivity index is 1.74. The maximum atomic E-state index is 12.6. The molecule has 0 radical (unpaired) electrons. The maximum Gasteiger partial charge on any atom is 0.410 e. The Hall–Kier alpha value is -2.49. The number of nitrogens with one attached hydrogen (secondary N) is 2. The van der Waals surface area contributed by atoms with Crippen molar-refractivity contribution in [1.82, 2.24) is 15.4 Å². The molecule has 3 rings (SSSR count). The fourth-order valence-electron chi connectivity index (χ4n) is 2.86. The van der Waals surface area contributed by atoms with Crippen LogP contribution in [0, 0.1) is 0 Å². The van der Waals surface area contributed by atoms with Crippen LogP contribution in [0.3, 0.4) is 0 Å². The number of thiazole rings is 1. The average Bonchev–Trinajstić information content (AvgIpc) is 3.02. The Bertz CT molecular complexity index is 863. The molecule has 29 heavy (non-hydrogen) atoms. The molecule has 0 spiro atoms. The van der Waals surface area contributed by atoms with Gasteiger partial charge in [-0.05, 0) is 26.3 Å². The molecule has 9 heteroatoms. The summed E-state index contributed by atoms with van der Waals surface area (Å²) in [5, 5.41) is 3.22. The van der Waals surface area contributed by atoms with E-state index in [0.29, 0.717) is 24.8 Å². The summed E-state index contributed by atoms with van der Waals surface area (Å²) in [6.07, 6.45) is -0.410. The summed E-state index contributed by atoms with van der Waals surface area (Å²) in [5.74, 6) is -0.190. The molecule has 2 N–H and O–H groups in total. The molecule has 2 heterocycles. The highest BCUT2D eigenvalue weighted by molar-refractivity contribution is 7.16. The number of amides is 2. The zero-order valence-electron chi connectivity index (χ0n) is 17.0. The van der Waals surface area contributed by atoms with E-state index in [4.69, 9.17) is 9.57 Å². The molecular weight excluding hydrogens is 392 g/mol. The first-order valence-electron chi connectivity index (χ1n) is 9.37. The number of hydrogen-bond donors (Lipinski definition) is 2. The van der Waals surface area contributed by atoms with E-state index < -0.39 is 11.7 Å². The highest BCUT2D eigenvalue weighted by Crippen LogP contribution is 2.34. The van der Waals surface area contributed by atoms with Gasteiger partial charge in [-0.3, -0.25) is 9.63 Å². The van der Waals surface area contributed by atoms with E-state index >= 15 is 0 Å². The van der Waals surface area contributed by atoms with Crippen LogP contribution in [-0.2, 0) is 27.5 Å². The summed E-state index contributed by atoms with van der Waals surface area (Å²) < 4.78 is 5.51. The first-order chi connectivity index (χ1) is 13.7. The van der Waals surface area contributed by atoms with Crippen LogP contribution in [0.1, 0.15) is 49.9 Å². The van der Waals surface area contributed by atoms with E-state index in [-0.39, 0.29) is 11.9 Å². The van der Waals surface area contributed by atoms with Gasteiger partial charge in [-0.2, -0.15) is 5.48 Å². The number of ether oxygens (including phenoxy) is 1. The zero-order chi connectivity index (χ0) is 21.0. The zero-order valence-corrected chi connectivity index (χ0v) is 17.8. The number of aromatic nitrogens is 1. The minimum absolute atomic E-state index is 0.190. The van der Waals surface area contributed by atoms with Gasteiger partial charge in [0.25, 0.3) is 0 Å². The monoisotopic (exact) mass is 418 g/mol. The number of anilines is 1. The number of benzene rings is 1. The van der Waals surface area contributed by atoms with Gasteiger partial charge in [-0.1, -0.05) is 41.7 Å². The van der Waals surface area contributed by atoms with Crippen LogP contribution in [0.5, 0.6) is 0 Å². The number of carbonyl (C=O) groups is 2. The quantitative estimate of drug-likeness (QED) is 0.721. The molecule has 1 aromatic carbocycles. The predicted molar refractivity (Wildman–Crippen MR) is 110 cm³/mol. The number of rotatable bonds is 5. The molecule has 0 aliphatic carbocycles. The van der Waals surface area contributed by atoms with Gasteiger partial charge in [0.05, 0.1) is 29.8 Å². The van der Waals surface area contributed by atoms with E-state index in [1.807, 2.05) is 51.1 Å². The molecule has 1 unspecified atom stereocenters. The van der Waals surface area contributed by atoms with Gasteiger partial charge in [0.15, 0.2) is 5.13 Å². The summed E-state index contributed by atoms with van der Waals surface area (Å²) in [4.78, 5) is 36.7. The molecule has 2 amide bonds. The van der Waals surface area contributed by atoms with Gasteiger partial charge >= 0.3 is 6.09 Å². The number of fused-ring (bicyclic) bond motifs is 1. The average molecular weight is 419 g/mol. The third-order valence-electron chi connectivity index (χ3n) is 4.03. The molecule has 2 aromatic rings. The standard InChI is InChI=1S/C20H26N4O4S/c1-13(25)21-18-22-15-10-24(19(26)28-20(2,3)4)11-16(17(15)29-18)23-27-12-14-8-6-5-7-9-14/h5-9,16,23H,10-12H2,1-4H3,(H,21,22,25). The fraction of sp³-hybridized carbons (Fsp3) is 0.450. The molecule has 0 fully saturated rings. The minimum atomic E-state index is -0.590. The molecule has 1 aliphatic heterocycles. The van der Waals surface area contributed by atoms with E-state index in [1.54, 1.807) is 4.90 Å². The fourth-order valence-corrected chi connectivity index (χ4v) is 3.91. The van der Waals surface area contributed by atoms with Crippen molar-refractivity contribution >= 4 is 28.5 Å². The van der Waals surface area contributed by atoms with Crippen LogP contribution < -0.4 is 10.8 Å². The minimum Gasteiger partial charge on any atom is -0.444 e. The molecule has 1 aromatic heterocycles. The molecule has 1 atom stereocenters. The van der Waals surface area contributed by atoms with Crippen molar-refractivity contribution < 1.29 is 19.2 Å². The van der Waals surface area contributed by atoms with E-state index in [2.05, 4.69) is 15.8 Å². The van der Waals surface area contributed by atoms with E-state index in [1.165, 1.54) is 18.3 Å². The first kappa shape index (κ1) is 21.2. The second-order valence-electron chi connectivity index (χ2n) is 7.82. The Morgan fingerprint density at radius 3 is 2.66 bits per heavy atom. The summed E-state index contributed by atoms with van der Waals surface area (Å²) in [6, 6.07) is 9.51. The van der Waals surface area contributed by atoms with Crippen LogP contribution in [-0.4, -0.2) is 34.0 Å². The van der Waals surface area contributed by atoms with Crippen molar-refractivity contribution in [3.8, 4) is 0 Å². The summed E-state index contributed by atoms with van der Waals surface area (Å²) in [6.45, 7) is 8.00. The van der Waals surface area contributed by atoms with Crippen molar-refractivity contribution in [3.63, 3.8) is 0 Å². The van der Waals surface area contributed by atoms with Gasteiger partial charge in [0, 0.05) is 13.5 Å². The van der Waals surface area contributed by atoms with Crippen molar-refractivity contribution in [2.75, 3.05) is 11.9 Å². The molecule has 0 saturated carbocycles. The topological polar surface area (TPSA) is 92.8 Å². The molecule has 156 valence electrons. The van der Waals surface area contributed by atoms with Crippen molar-refractivity contribution in [2.24, 2.45) is 0 Å². The second-order valence-corrected chi connectivity index (χ2v) is 8.85. The largest absolute Gasteiger partial charge is 0.444 e. The normalized spacial score (nSPS) is 16.3. The smallest absolute Gasteiger partial charge is 0.410 e. The van der Waals surface area contributed by atoms with Crippen LogP contribution >= 0.6 is 11.3 Å². The van der Waals surface area contributed by atoms with Gasteiger partial charge in [-0.25, -0.2) is 9.78 Å². The number of hydroxylamine groups is 1. The van der Waals surface area contributed by atoms with Crippen LogP contribution in [0.25, 0.3) is 0 Å². The lowest BCUT2D eigenvalue weighted by molar-refractivity contribution is -0.114. The Morgan fingerprint density at radius 2 is 2.00 bits per heavy atom. The Kier molecular flexibility index (Phi) is 6.51. The number of carbonyl (C=O) groups excluding carboxylic acids is 2. The Labute approximate surface area is 174 Å². The van der Waals surface area contributed by atoms with Crippen LogP contribution in [0.15, 0.2) is 30.3 Å². The van der Waals surface area contributed by atoms with Crippen LogP contribution in [0.2, 0.25) is 0 Å². The van der Waals surface area contributed by atoms with Gasteiger partial charge in [-0.15, -0.1) is 0 Å². The Morgan fingerprint density at radius 1 is 1.28 bits per heavy atom. The number of hydrogen-bond acceptors (Lipinski definition) is 7. The van der Waals surface area contributed by atoms with Crippen molar-refractivity contribution in [3.05, 3.63) is 46.5 Å². The maximum absolute atomic E-state index is 12.6. The lowest BCUT2D eigenvalue weighted by atomic mass is 10.1. The summed E-state index contributed by atoms with van der Waals surface area (Å²) in [5.41, 5.74) is 4.21. The van der Waals surface area contributed by atoms with Crippen molar-refractivity contribution in [1.29, 1.82) is 0 Å². The highest BCUT2D eigenvalue weighted by Gasteiger charge is 2.34.